The fourth-order valence-corrected chi connectivity index (χ4v) is 3.17. The van der Waals surface area contributed by atoms with Gasteiger partial charge in [-0.05, 0) is 24.1 Å². The van der Waals surface area contributed by atoms with Crippen LogP contribution >= 0.6 is 0 Å². The van der Waals surface area contributed by atoms with Gasteiger partial charge in [0.05, 0.1) is 17.4 Å². The van der Waals surface area contributed by atoms with Crippen LogP contribution in [-0.2, 0) is 13.0 Å². The third-order valence-corrected chi connectivity index (χ3v) is 4.40. The van der Waals surface area contributed by atoms with Crippen molar-refractivity contribution in [2.75, 3.05) is 0 Å². The summed E-state index contributed by atoms with van der Waals surface area (Å²) in [7, 11) is 0. The van der Waals surface area contributed by atoms with Gasteiger partial charge >= 0.3 is 0 Å². The van der Waals surface area contributed by atoms with Gasteiger partial charge in [0.1, 0.15) is 6.33 Å². The third kappa shape index (κ3) is 1.98. The molecule has 0 saturated heterocycles. The number of para-hydroxylation sites is 2. The minimum atomic E-state index is 0.849. The van der Waals surface area contributed by atoms with E-state index in [0.717, 1.165) is 40.8 Å². The highest BCUT2D eigenvalue weighted by molar-refractivity contribution is 5.92. The van der Waals surface area contributed by atoms with E-state index >= 15 is 0 Å². The van der Waals surface area contributed by atoms with Crippen molar-refractivity contribution in [3.8, 4) is 0 Å². The number of rotatable bonds is 3. The van der Waals surface area contributed by atoms with Crippen LogP contribution in [0.3, 0.4) is 0 Å². The van der Waals surface area contributed by atoms with Gasteiger partial charge in [-0.2, -0.15) is 0 Å². The maximum Gasteiger partial charge on any atom is 0.169 e. The molecule has 0 atom stereocenters. The molecule has 0 N–H and O–H groups in total. The number of imidazole rings is 2. The van der Waals surface area contributed by atoms with Crippen LogP contribution in [0.5, 0.6) is 0 Å². The number of hydrogen-bond donors (Lipinski definition) is 0. The molecule has 0 saturated carbocycles. The van der Waals surface area contributed by atoms with E-state index in [0.29, 0.717) is 0 Å². The van der Waals surface area contributed by atoms with Crippen LogP contribution < -0.4 is 0 Å². The number of aromatic nitrogens is 5. The molecule has 0 aliphatic rings. The van der Waals surface area contributed by atoms with E-state index in [2.05, 4.69) is 44.9 Å². The minimum absolute atomic E-state index is 0.849. The Morgan fingerprint density at radius 2 is 1.62 bits per heavy atom. The van der Waals surface area contributed by atoms with Gasteiger partial charge in [-0.15, -0.1) is 0 Å². The molecule has 5 rings (SSSR count). The minimum Gasteiger partial charge on any atom is -0.315 e. The molecule has 0 aliphatic heterocycles. The van der Waals surface area contributed by atoms with E-state index in [-0.39, 0.29) is 0 Å². The van der Waals surface area contributed by atoms with Gasteiger partial charge in [-0.25, -0.2) is 15.0 Å². The van der Waals surface area contributed by atoms with E-state index in [9.17, 15) is 0 Å². The highest BCUT2D eigenvalue weighted by atomic mass is 15.2. The Morgan fingerprint density at radius 1 is 0.792 bits per heavy atom. The quantitative estimate of drug-likeness (QED) is 0.512. The molecule has 116 valence electrons. The van der Waals surface area contributed by atoms with E-state index in [4.69, 9.17) is 4.98 Å². The van der Waals surface area contributed by atoms with Gasteiger partial charge in [0.25, 0.3) is 0 Å². The zero-order chi connectivity index (χ0) is 15.9. The monoisotopic (exact) mass is 313 g/mol. The molecule has 5 heteroatoms. The molecule has 0 amide bonds. The second-order valence-electron chi connectivity index (χ2n) is 5.88. The van der Waals surface area contributed by atoms with Gasteiger partial charge in [-0.1, -0.05) is 42.5 Å². The largest absolute Gasteiger partial charge is 0.315 e. The fraction of sp³-hybridized carbons (Fsp3) is 0.105. The second kappa shape index (κ2) is 5.16. The van der Waals surface area contributed by atoms with Gasteiger partial charge in [0.15, 0.2) is 16.8 Å². The highest BCUT2D eigenvalue weighted by Crippen LogP contribution is 2.21. The van der Waals surface area contributed by atoms with Crippen molar-refractivity contribution in [3.05, 3.63) is 72.8 Å². The molecule has 0 spiro atoms. The van der Waals surface area contributed by atoms with Crippen LogP contribution in [0, 0.1) is 0 Å². The lowest BCUT2D eigenvalue weighted by Crippen LogP contribution is -2.01. The molecule has 0 bridgehead atoms. The number of benzene rings is 2. The standard InChI is InChI=1S/C19H15N5/c1-2-6-14(7-3-1)10-11-23-12-20-17-18(23)21-13-24-16-9-5-4-8-15(16)22-19(17)24/h1-9,12-13H,10-11H2. The number of nitrogens with zero attached hydrogens (tertiary/aromatic N) is 5. The van der Waals surface area contributed by atoms with Crippen LogP contribution in [0.15, 0.2) is 67.3 Å². The molecular weight excluding hydrogens is 298 g/mol. The van der Waals surface area contributed by atoms with Crippen molar-refractivity contribution in [1.29, 1.82) is 0 Å². The highest BCUT2D eigenvalue weighted by Gasteiger charge is 2.12. The fourth-order valence-electron chi connectivity index (χ4n) is 3.17. The van der Waals surface area contributed by atoms with Gasteiger partial charge in [-0.3, -0.25) is 4.40 Å². The molecule has 2 aromatic carbocycles. The van der Waals surface area contributed by atoms with Gasteiger partial charge in [0.2, 0.25) is 0 Å². The maximum absolute atomic E-state index is 4.72. The Morgan fingerprint density at radius 3 is 2.54 bits per heavy atom. The summed E-state index contributed by atoms with van der Waals surface area (Å²) in [5, 5.41) is 0. The summed E-state index contributed by atoms with van der Waals surface area (Å²) in [6.45, 7) is 0.851. The predicted octanol–water partition coefficient (Wildman–Crippen LogP) is 3.47. The summed E-state index contributed by atoms with van der Waals surface area (Å²) in [5.41, 5.74) is 5.92. The Balaban J connectivity index is 1.60. The van der Waals surface area contributed by atoms with Crippen molar-refractivity contribution >= 4 is 27.8 Å². The first-order chi connectivity index (χ1) is 11.9. The molecule has 5 nitrogen and oxygen atoms in total. The second-order valence-corrected chi connectivity index (χ2v) is 5.88. The van der Waals surface area contributed by atoms with E-state index in [1.807, 2.05) is 41.3 Å². The lowest BCUT2D eigenvalue weighted by molar-refractivity contribution is 0.709. The number of aryl methyl sites for hydroxylation is 2. The van der Waals surface area contributed by atoms with Crippen molar-refractivity contribution in [1.82, 2.24) is 23.9 Å². The van der Waals surface area contributed by atoms with Crippen LogP contribution in [0.25, 0.3) is 27.8 Å². The van der Waals surface area contributed by atoms with Crippen molar-refractivity contribution < 1.29 is 0 Å². The lowest BCUT2D eigenvalue weighted by Gasteiger charge is -2.04. The van der Waals surface area contributed by atoms with E-state index < -0.39 is 0 Å². The molecule has 3 aromatic heterocycles. The predicted molar refractivity (Wildman–Crippen MR) is 93.9 cm³/mol. The molecule has 24 heavy (non-hydrogen) atoms. The van der Waals surface area contributed by atoms with Crippen LogP contribution in [-0.4, -0.2) is 23.9 Å². The average molecular weight is 313 g/mol. The Labute approximate surface area is 138 Å². The zero-order valence-electron chi connectivity index (χ0n) is 13.0. The van der Waals surface area contributed by atoms with E-state index in [1.54, 1.807) is 0 Å². The topological polar surface area (TPSA) is 48.0 Å². The molecule has 0 unspecified atom stereocenters. The summed E-state index contributed by atoms with van der Waals surface area (Å²) >= 11 is 0. The Hall–Kier alpha value is -3.21. The smallest absolute Gasteiger partial charge is 0.169 e. The summed E-state index contributed by atoms with van der Waals surface area (Å²) in [6, 6.07) is 18.5. The summed E-state index contributed by atoms with van der Waals surface area (Å²) in [5.74, 6) is 0. The summed E-state index contributed by atoms with van der Waals surface area (Å²) in [4.78, 5) is 13.9. The normalized spacial score (nSPS) is 11.7. The van der Waals surface area contributed by atoms with Crippen LogP contribution in [0.1, 0.15) is 5.56 Å². The first-order valence-corrected chi connectivity index (χ1v) is 8.01. The van der Waals surface area contributed by atoms with Crippen molar-refractivity contribution in [3.63, 3.8) is 0 Å². The molecular formula is C19H15N5. The molecule has 0 radical (unpaired) electrons. The molecule has 0 aliphatic carbocycles. The number of hydrogen-bond acceptors (Lipinski definition) is 3. The van der Waals surface area contributed by atoms with Crippen LogP contribution in [0.4, 0.5) is 0 Å². The summed E-state index contributed by atoms with van der Waals surface area (Å²) < 4.78 is 4.11. The lowest BCUT2D eigenvalue weighted by atomic mass is 10.1. The number of fused-ring (bicyclic) bond motifs is 5. The van der Waals surface area contributed by atoms with Crippen LogP contribution in [0.2, 0.25) is 0 Å². The van der Waals surface area contributed by atoms with Gasteiger partial charge < -0.3 is 4.57 Å². The first-order valence-electron chi connectivity index (χ1n) is 8.01. The van der Waals surface area contributed by atoms with Gasteiger partial charge in [0, 0.05) is 6.54 Å². The molecule has 3 heterocycles. The first kappa shape index (κ1) is 13.2. The van der Waals surface area contributed by atoms with Crippen molar-refractivity contribution in [2.24, 2.45) is 0 Å². The Kier molecular flexibility index (Phi) is 2.85. The Bertz CT molecular complexity index is 1150. The molecule has 5 aromatic rings. The zero-order valence-corrected chi connectivity index (χ0v) is 13.0. The SMILES string of the molecule is c1ccc(CCn2cnc3c2ncn2c4ccccc4nc32)cc1. The third-order valence-electron chi connectivity index (χ3n) is 4.40. The average Bonchev–Trinajstić information content (AvgIpc) is 3.22. The van der Waals surface area contributed by atoms with Crippen molar-refractivity contribution in [2.45, 2.75) is 13.0 Å². The maximum atomic E-state index is 4.72. The summed E-state index contributed by atoms with van der Waals surface area (Å²) in [6.07, 6.45) is 4.66. The van der Waals surface area contributed by atoms with E-state index in [1.165, 1.54) is 5.56 Å². The molecule has 0 fully saturated rings.